The van der Waals surface area contributed by atoms with Crippen molar-refractivity contribution in [1.82, 2.24) is 10.3 Å². The number of amides is 1. The molecule has 18 heavy (non-hydrogen) atoms. The lowest BCUT2D eigenvalue weighted by Crippen LogP contribution is -2.41. The van der Waals surface area contributed by atoms with Gasteiger partial charge in [-0.25, -0.2) is 0 Å². The molecule has 1 aliphatic heterocycles. The number of pyridine rings is 1. The fourth-order valence-electron chi connectivity index (χ4n) is 2.29. The molecule has 2 heterocycles. The van der Waals surface area contributed by atoms with Crippen molar-refractivity contribution in [2.75, 3.05) is 31.1 Å². The van der Waals surface area contributed by atoms with Crippen molar-refractivity contribution in [2.24, 2.45) is 11.7 Å². The van der Waals surface area contributed by atoms with Crippen LogP contribution in [0.1, 0.15) is 12.8 Å². The van der Waals surface area contributed by atoms with E-state index in [4.69, 9.17) is 5.73 Å². The monoisotopic (exact) mass is 248 g/mol. The second-order valence-electron chi connectivity index (χ2n) is 4.55. The molecule has 5 nitrogen and oxygen atoms in total. The van der Waals surface area contributed by atoms with E-state index in [0.717, 1.165) is 25.9 Å². The molecule has 1 fully saturated rings. The normalized spacial score (nSPS) is 16.6. The van der Waals surface area contributed by atoms with Gasteiger partial charge in [0, 0.05) is 50.2 Å². The van der Waals surface area contributed by atoms with E-state index in [1.165, 1.54) is 5.69 Å². The van der Waals surface area contributed by atoms with Crippen molar-refractivity contribution in [1.29, 1.82) is 0 Å². The van der Waals surface area contributed by atoms with Crippen molar-refractivity contribution < 1.29 is 4.79 Å². The first-order valence-corrected chi connectivity index (χ1v) is 6.44. The first-order chi connectivity index (χ1) is 8.81. The Morgan fingerprint density at radius 3 is 2.67 bits per heavy atom. The number of carbonyl (C=O) groups excluding carboxylic acids is 1. The van der Waals surface area contributed by atoms with Crippen LogP contribution in [-0.4, -0.2) is 37.1 Å². The molecule has 2 rings (SSSR count). The van der Waals surface area contributed by atoms with Gasteiger partial charge in [0.2, 0.25) is 5.91 Å². The minimum absolute atomic E-state index is 0.134. The Hall–Kier alpha value is -1.62. The second-order valence-corrected chi connectivity index (χ2v) is 4.55. The van der Waals surface area contributed by atoms with Gasteiger partial charge in [-0.2, -0.15) is 0 Å². The lowest BCUT2D eigenvalue weighted by molar-refractivity contribution is -0.125. The van der Waals surface area contributed by atoms with Gasteiger partial charge in [0.1, 0.15) is 0 Å². The van der Waals surface area contributed by atoms with Crippen LogP contribution in [-0.2, 0) is 4.79 Å². The maximum absolute atomic E-state index is 11.8. The molecule has 98 valence electrons. The van der Waals surface area contributed by atoms with Gasteiger partial charge in [0.05, 0.1) is 0 Å². The van der Waals surface area contributed by atoms with Crippen molar-refractivity contribution in [3.05, 3.63) is 24.5 Å². The SMILES string of the molecule is NCCNC(=O)C1CCN(c2ccncc2)CC1. The molecule has 0 saturated carbocycles. The number of nitrogens with one attached hydrogen (secondary N) is 1. The highest BCUT2D eigenvalue weighted by atomic mass is 16.1. The Morgan fingerprint density at radius 2 is 2.06 bits per heavy atom. The number of carbonyl (C=O) groups is 1. The standard InChI is InChI=1S/C13H20N4O/c14-5-8-16-13(18)11-3-9-17(10-4-11)12-1-6-15-7-2-12/h1-2,6-7,11H,3-5,8-10,14H2,(H,16,18). The smallest absolute Gasteiger partial charge is 0.223 e. The maximum Gasteiger partial charge on any atom is 0.223 e. The maximum atomic E-state index is 11.8. The predicted octanol–water partition coefficient (Wildman–Crippen LogP) is 0.373. The lowest BCUT2D eigenvalue weighted by atomic mass is 9.95. The number of hydrogen-bond donors (Lipinski definition) is 2. The van der Waals surface area contributed by atoms with Gasteiger partial charge in [-0.15, -0.1) is 0 Å². The van der Waals surface area contributed by atoms with Gasteiger partial charge in [0.15, 0.2) is 0 Å². The summed E-state index contributed by atoms with van der Waals surface area (Å²) < 4.78 is 0. The summed E-state index contributed by atoms with van der Waals surface area (Å²) in [6, 6.07) is 4.02. The van der Waals surface area contributed by atoms with Crippen LogP contribution in [0.4, 0.5) is 5.69 Å². The van der Waals surface area contributed by atoms with Crippen LogP contribution in [0.5, 0.6) is 0 Å². The van der Waals surface area contributed by atoms with E-state index in [1.807, 2.05) is 12.1 Å². The van der Waals surface area contributed by atoms with E-state index < -0.39 is 0 Å². The van der Waals surface area contributed by atoms with E-state index >= 15 is 0 Å². The van der Waals surface area contributed by atoms with Crippen LogP contribution in [0.15, 0.2) is 24.5 Å². The molecule has 0 radical (unpaired) electrons. The van der Waals surface area contributed by atoms with Gasteiger partial charge in [-0.1, -0.05) is 0 Å². The van der Waals surface area contributed by atoms with E-state index in [-0.39, 0.29) is 11.8 Å². The minimum atomic E-state index is 0.134. The summed E-state index contributed by atoms with van der Waals surface area (Å²) in [5, 5.41) is 2.86. The van der Waals surface area contributed by atoms with E-state index in [2.05, 4.69) is 15.2 Å². The highest BCUT2D eigenvalue weighted by Gasteiger charge is 2.24. The molecule has 0 unspecified atom stereocenters. The molecule has 3 N–H and O–H groups in total. The Balaban J connectivity index is 1.83. The van der Waals surface area contributed by atoms with E-state index in [0.29, 0.717) is 13.1 Å². The van der Waals surface area contributed by atoms with E-state index in [1.54, 1.807) is 12.4 Å². The van der Waals surface area contributed by atoms with Crippen molar-refractivity contribution >= 4 is 11.6 Å². The second kappa shape index (κ2) is 6.35. The molecular formula is C13H20N4O. The average molecular weight is 248 g/mol. The van der Waals surface area contributed by atoms with E-state index in [9.17, 15) is 4.79 Å². The van der Waals surface area contributed by atoms with Crippen LogP contribution in [0.2, 0.25) is 0 Å². The van der Waals surface area contributed by atoms with Gasteiger partial charge >= 0.3 is 0 Å². The summed E-state index contributed by atoms with van der Waals surface area (Å²) in [7, 11) is 0. The number of nitrogens with two attached hydrogens (primary N) is 1. The Kier molecular flexibility index (Phi) is 4.52. The highest BCUT2D eigenvalue weighted by Crippen LogP contribution is 2.22. The molecule has 0 bridgehead atoms. The average Bonchev–Trinajstić information content (AvgIpc) is 2.46. The van der Waals surface area contributed by atoms with Crippen molar-refractivity contribution in [3.63, 3.8) is 0 Å². The number of anilines is 1. The summed E-state index contributed by atoms with van der Waals surface area (Å²) in [6.45, 7) is 2.92. The van der Waals surface area contributed by atoms with Crippen LogP contribution in [0.25, 0.3) is 0 Å². The first kappa shape index (κ1) is 12.8. The van der Waals surface area contributed by atoms with Crippen LogP contribution in [0.3, 0.4) is 0 Å². The number of hydrogen-bond acceptors (Lipinski definition) is 4. The Labute approximate surface area is 107 Å². The zero-order chi connectivity index (χ0) is 12.8. The molecule has 1 aromatic heterocycles. The molecule has 0 aromatic carbocycles. The molecule has 1 aliphatic rings. The zero-order valence-corrected chi connectivity index (χ0v) is 10.5. The quantitative estimate of drug-likeness (QED) is 0.807. The minimum Gasteiger partial charge on any atom is -0.371 e. The topological polar surface area (TPSA) is 71.2 Å². The molecule has 0 atom stereocenters. The number of nitrogens with zero attached hydrogens (tertiary/aromatic N) is 2. The predicted molar refractivity (Wildman–Crippen MR) is 71.2 cm³/mol. The third-order valence-corrected chi connectivity index (χ3v) is 3.34. The molecule has 5 heteroatoms. The van der Waals surface area contributed by atoms with Gasteiger partial charge < -0.3 is 16.0 Å². The van der Waals surface area contributed by atoms with Crippen molar-refractivity contribution in [2.45, 2.75) is 12.8 Å². The summed E-state index contributed by atoms with van der Waals surface area (Å²) in [5.41, 5.74) is 6.56. The number of aromatic nitrogens is 1. The van der Waals surface area contributed by atoms with Crippen LogP contribution < -0.4 is 16.0 Å². The lowest BCUT2D eigenvalue weighted by Gasteiger charge is -2.32. The van der Waals surface area contributed by atoms with Crippen LogP contribution in [0, 0.1) is 5.92 Å². The zero-order valence-electron chi connectivity index (χ0n) is 10.5. The highest BCUT2D eigenvalue weighted by molar-refractivity contribution is 5.79. The largest absolute Gasteiger partial charge is 0.371 e. The summed E-state index contributed by atoms with van der Waals surface area (Å²) in [5.74, 6) is 0.282. The van der Waals surface area contributed by atoms with Crippen molar-refractivity contribution in [3.8, 4) is 0 Å². The molecule has 1 aromatic rings. The molecule has 1 saturated heterocycles. The summed E-state index contributed by atoms with van der Waals surface area (Å²) >= 11 is 0. The summed E-state index contributed by atoms with van der Waals surface area (Å²) in [4.78, 5) is 18.1. The molecular weight excluding hydrogens is 228 g/mol. The van der Waals surface area contributed by atoms with Gasteiger partial charge in [-0.05, 0) is 25.0 Å². The Bertz CT molecular complexity index is 374. The first-order valence-electron chi connectivity index (χ1n) is 6.44. The molecule has 0 spiro atoms. The summed E-state index contributed by atoms with van der Waals surface area (Å²) in [6.07, 6.45) is 5.40. The number of piperidine rings is 1. The number of rotatable bonds is 4. The third kappa shape index (κ3) is 3.20. The molecule has 1 amide bonds. The fourth-order valence-corrected chi connectivity index (χ4v) is 2.29. The van der Waals surface area contributed by atoms with Gasteiger partial charge in [-0.3, -0.25) is 9.78 Å². The fraction of sp³-hybridized carbons (Fsp3) is 0.538. The third-order valence-electron chi connectivity index (χ3n) is 3.34. The Morgan fingerprint density at radius 1 is 1.39 bits per heavy atom. The molecule has 0 aliphatic carbocycles. The van der Waals surface area contributed by atoms with Crippen LogP contribution >= 0.6 is 0 Å². The van der Waals surface area contributed by atoms with Gasteiger partial charge in [0.25, 0.3) is 0 Å².